The van der Waals surface area contributed by atoms with E-state index in [-0.39, 0.29) is 12.3 Å². The van der Waals surface area contributed by atoms with Crippen LogP contribution in [0.1, 0.15) is 32.4 Å². The largest absolute Gasteiger partial charge is 0.444 e. The Balaban J connectivity index is 2.83. The lowest BCUT2D eigenvalue weighted by Gasteiger charge is -2.22. The van der Waals surface area contributed by atoms with Gasteiger partial charge in [-0.2, -0.15) is 0 Å². The normalized spacial score (nSPS) is 12.6. The van der Waals surface area contributed by atoms with Crippen LogP contribution in [-0.2, 0) is 4.74 Å². The van der Waals surface area contributed by atoms with Crippen molar-refractivity contribution >= 4 is 11.8 Å². The van der Waals surface area contributed by atoms with Gasteiger partial charge in [0.2, 0.25) is 0 Å². The fourth-order valence-corrected chi connectivity index (χ4v) is 1.54. The second kappa shape index (κ2) is 6.33. The molecule has 1 atom stereocenters. The number of alkyl carbamates (subject to hydrolysis) is 1. The van der Waals surface area contributed by atoms with Crippen LogP contribution < -0.4 is 5.32 Å². The molecule has 1 rings (SSSR count). The highest BCUT2D eigenvalue weighted by atomic mass is 16.6. The molecule has 0 saturated heterocycles. The number of carbonyl (C=O) groups excluding carboxylic acids is 1. The van der Waals surface area contributed by atoms with E-state index >= 15 is 0 Å². The molecule has 0 bridgehead atoms. The third-order valence-corrected chi connectivity index (χ3v) is 2.36. The average Bonchev–Trinajstić information content (AvgIpc) is 2.34. The van der Waals surface area contributed by atoms with E-state index in [0.717, 1.165) is 0 Å². The van der Waals surface area contributed by atoms with E-state index in [9.17, 15) is 20.0 Å². The van der Waals surface area contributed by atoms with Crippen molar-refractivity contribution < 1.29 is 19.6 Å². The maximum absolute atomic E-state index is 11.6. The summed E-state index contributed by atoms with van der Waals surface area (Å²) in [6, 6.07) is 4.96. The molecule has 1 aromatic rings. The zero-order valence-corrected chi connectivity index (χ0v) is 11.6. The number of hydrogen-bond acceptors (Lipinski definition) is 5. The second-order valence-corrected chi connectivity index (χ2v) is 5.23. The molecule has 0 spiro atoms. The fraction of sp³-hybridized carbons (Fsp3) is 0.462. The van der Waals surface area contributed by atoms with Gasteiger partial charge in [0, 0.05) is 12.1 Å². The molecule has 0 aliphatic heterocycles. The summed E-state index contributed by atoms with van der Waals surface area (Å²) in [7, 11) is 0. The summed E-state index contributed by atoms with van der Waals surface area (Å²) < 4.78 is 5.07. The van der Waals surface area contributed by atoms with Crippen molar-refractivity contribution in [2.75, 3.05) is 6.61 Å². The summed E-state index contributed by atoms with van der Waals surface area (Å²) >= 11 is 0. The molecule has 0 fully saturated rings. The molecule has 7 nitrogen and oxygen atoms in total. The number of ether oxygens (including phenoxy) is 1. The van der Waals surface area contributed by atoms with Crippen LogP contribution in [-0.4, -0.2) is 28.3 Å². The van der Waals surface area contributed by atoms with Gasteiger partial charge in [-0.25, -0.2) is 4.79 Å². The lowest BCUT2D eigenvalue weighted by atomic mass is 10.1. The topological polar surface area (TPSA) is 102 Å². The van der Waals surface area contributed by atoms with Gasteiger partial charge in [0.15, 0.2) is 0 Å². The predicted molar refractivity (Wildman–Crippen MR) is 72.3 cm³/mol. The minimum Gasteiger partial charge on any atom is -0.444 e. The highest BCUT2D eigenvalue weighted by Crippen LogP contribution is 2.19. The van der Waals surface area contributed by atoms with Gasteiger partial charge in [-0.1, -0.05) is 12.1 Å². The molecule has 2 N–H and O–H groups in total. The molecule has 7 heteroatoms. The van der Waals surface area contributed by atoms with Crippen LogP contribution >= 0.6 is 0 Å². The van der Waals surface area contributed by atoms with Crippen LogP contribution in [0.2, 0.25) is 0 Å². The standard InChI is InChI=1S/C13H18N2O5/c1-13(2,3)20-12(17)14-11(8-16)9-5-4-6-10(7-9)15(18)19/h4-7,11,16H,8H2,1-3H3,(H,14,17)/t11-/m0/s1. The van der Waals surface area contributed by atoms with Gasteiger partial charge in [0.05, 0.1) is 17.6 Å². The Morgan fingerprint density at radius 1 is 1.50 bits per heavy atom. The quantitative estimate of drug-likeness (QED) is 0.650. The van der Waals surface area contributed by atoms with Gasteiger partial charge in [-0.15, -0.1) is 0 Å². The number of carbonyl (C=O) groups is 1. The van der Waals surface area contributed by atoms with E-state index in [4.69, 9.17) is 4.74 Å². The Bertz CT molecular complexity index is 496. The summed E-state index contributed by atoms with van der Waals surface area (Å²) in [4.78, 5) is 21.8. The summed E-state index contributed by atoms with van der Waals surface area (Å²) in [6.45, 7) is 4.76. The number of aliphatic hydroxyl groups excluding tert-OH is 1. The van der Waals surface area contributed by atoms with E-state index in [1.807, 2.05) is 0 Å². The van der Waals surface area contributed by atoms with Gasteiger partial charge in [0.25, 0.3) is 5.69 Å². The van der Waals surface area contributed by atoms with E-state index in [0.29, 0.717) is 5.56 Å². The predicted octanol–water partition coefficient (Wildman–Crippen LogP) is 2.15. The Hall–Kier alpha value is -2.15. The zero-order valence-electron chi connectivity index (χ0n) is 11.6. The van der Waals surface area contributed by atoms with Gasteiger partial charge < -0.3 is 15.2 Å². The van der Waals surface area contributed by atoms with Crippen LogP contribution in [0.3, 0.4) is 0 Å². The van der Waals surface area contributed by atoms with Gasteiger partial charge >= 0.3 is 6.09 Å². The number of amides is 1. The lowest BCUT2D eigenvalue weighted by Crippen LogP contribution is -2.36. The maximum atomic E-state index is 11.6. The molecule has 0 aliphatic carbocycles. The first kappa shape index (κ1) is 15.9. The molecule has 0 aromatic heterocycles. The maximum Gasteiger partial charge on any atom is 0.408 e. The molecule has 0 radical (unpaired) electrons. The van der Waals surface area contributed by atoms with Crippen molar-refractivity contribution in [2.45, 2.75) is 32.4 Å². The number of non-ortho nitro benzene ring substituents is 1. The molecule has 1 amide bonds. The molecule has 0 aliphatic rings. The molecular weight excluding hydrogens is 264 g/mol. The van der Waals surface area contributed by atoms with Crippen LogP contribution in [0.5, 0.6) is 0 Å². The summed E-state index contributed by atoms with van der Waals surface area (Å²) in [5, 5.41) is 22.5. The Kier molecular flexibility index (Phi) is 5.04. The highest BCUT2D eigenvalue weighted by molar-refractivity contribution is 5.68. The number of benzene rings is 1. The van der Waals surface area contributed by atoms with Gasteiger partial charge in [0.1, 0.15) is 5.60 Å². The number of nitrogens with zero attached hydrogens (tertiary/aromatic N) is 1. The first-order valence-corrected chi connectivity index (χ1v) is 6.07. The lowest BCUT2D eigenvalue weighted by molar-refractivity contribution is -0.384. The SMILES string of the molecule is CC(C)(C)OC(=O)N[C@@H](CO)c1cccc([N+](=O)[O-])c1. The van der Waals surface area contributed by atoms with Crippen LogP contribution in [0.4, 0.5) is 10.5 Å². The number of nitro benzene ring substituents is 1. The smallest absolute Gasteiger partial charge is 0.408 e. The number of nitrogens with one attached hydrogen (secondary N) is 1. The average molecular weight is 282 g/mol. The van der Waals surface area contributed by atoms with Gasteiger partial charge in [-0.05, 0) is 26.3 Å². The Morgan fingerprint density at radius 3 is 2.65 bits per heavy atom. The monoisotopic (exact) mass is 282 g/mol. The number of hydrogen-bond donors (Lipinski definition) is 2. The van der Waals surface area contributed by atoms with Crippen LogP contribution in [0.25, 0.3) is 0 Å². The highest BCUT2D eigenvalue weighted by Gasteiger charge is 2.21. The molecule has 1 aromatic carbocycles. The third-order valence-electron chi connectivity index (χ3n) is 2.36. The summed E-state index contributed by atoms with van der Waals surface area (Å²) in [5.74, 6) is 0. The minimum atomic E-state index is -0.759. The second-order valence-electron chi connectivity index (χ2n) is 5.23. The van der Waals surface area contributed by atoms with Gasteiger partial charge in [-0.3, -0.25) is 10.1 Å². The molecule has 0 saturated carbocycles. The Labute approximate surface area is 116 Å². The minimum absolute atomic E-state index is 0.105. The molecule has 20 heavy (non-hydrogen) atoms. The third kappa shape index (κ3) is 4.85. The van der Waals surface area contributed by atoms with E-state index in [2.05, 4.69) is 5.32 Å². The van der Waals surface area contributed by atoms with Crippen molar-refractivity contribution in [3.63, 3.8) is 0 Å². The van der Waals surface area contributed by atoms with Crippen molar-refractivity contribution in [1.82, 2.24) is 5.32 Å². The number of aliphatic hydroxyl groups is 1. The number of rotatable bonds is 4. The van der Waals surface area contributed by atoms with Crippen molar-refractivity contribution in [3.05, 3.63) is 39.9 Å². The Morgan fingerprint density at radius 2 is 2.15 bits per heavy atom. The zero-order chi connectivity index (χ0) is 15.3. The van der Waals surface area contributed by atoms with Crippen LogP contribution in [0.15, 0.2) is 24.3 Å². The molecular formula is C13H18N2O5. The van der Waals surface area contributed by atoms with E-state index in [1.165, 1.54) is 18.2 Å². The van der Waals surface area contributed by atoms with E-state index in [1.54, 1.807) is 26.8 Å². The van der Waals surface area contributed by atoms with Crippen molar-refractivity contribution in [2.24, 2.45) is 0 Å². The van der Waals surface area contributed by atoms with Crippen molar-refractivity contribution in [3.8, 4) is 0 Å². The van der Waals surface area contributed by atoms with Crippen LogP contribution in [0, 0.1) is 10.1 Å². The molecule has 110 valence electrons. The summed E-state index contributed by atoms with van der Waals surface area (Å²) in [5.41, 5.74) is -0.327. The molecule has 0 heterocycles. The number of nitro groups is 1. The molecule has 0 unspecified atom stereocenters. The first-order chi connectivity index (χ1) is 9.23. The fourth-order valence-electron chi connectivity index (χ4n) is 1.54. The van der Waals surface area contributed by atoms with Crippen molar-refractivity contribution in [1.29, 1.82) is 0 Å². The first-order valence-electron chi connectivity index (χ1n) is 6.07. The summed E-state index contributed by atoms with van der Waals surface area (Å²) in [6.07, 6.45) is -0.692. The van der Waals surface area contributed by atoms with E-state index < -0.39 is 22.7 Å².